The van der Waals surface area contributed by atoms with Gasteiger partial charge in [-0.25, -0.2) is 0 Å². The van der Waals surface area contributed by atoms with Gasteiger partial charge >= 0.3 is 0 Å². The first-order valence-corrected chi connectivity index (χ1v) is 6.70. The van der Waals surface area contributed by atoms with E-state index in [2.05, 4.69) is 23.7 Å². The van der Waals surface area contributed by atoms with E-state index in [1.807, 2.05) is 7.11 Å². The molecule has 98 valence electrons. The summed E-state index contributed by atoms with van der Waals surface area (Å²) in [4.78, 5) is 6.80. The first kappa shape index (κ1) is 12.7. The minimum absolute atomic E-state index is 0.0430. The third kappa shape index (κ3) is 2.15. The molecule has 2 aliphatic rings. The molecule has 2 N–H and O–H groups in total. The first-order valence-electron chi connectivity index (χ1n) is 6.70. The molecular formula is C13H25N3O. The highest BCUT2D eigenvalue weighted by atomic mass is 16.5. The van der Waals surface area contributed by atoms with Crippen LogP contribution < -0.4 is 5.73 Å². The predicted molar refractivity (Wildman–Crippen MR) is 70.0 cm³/mol. The van der Waals surface area contributed by atoms with Crippen molar-refractivity contribution in [3.05, 3.63) is 0 Å². The minimum Gasteiger partial charge on any atom is -0.379 e. The molecule has 0 bridgehead atoms. The molecule has 4 nitrogen and oxygen atoms in total. The molecule has 2 rings (SSSR count). The van der Waals surface area contributed by atoms with E-state index in [9.17, 15) is 0 Å². The summed E-state index contributed by atoms with van der Waals surface area (Å²) in [6.07, 6.45) is 5.09. The predicted octanol–water partition coefficient (Wildman–Crippen LogP) is 1.60. The highest BCUT2D eigenvalue weighted by Gasteiger charge is 2.49. The van der Waals surface area contributed by atoms with Crippen molar-refractivity contribution < 1.29 is 4.74 Å². The van der Waals surface area contributed by atoms with E-state index in [-0.39, 0.29) is 11.6 Å². The van der Waals surface area contributed by atoms with E-state index < -0.39 is 0 Å². The zero-order valence-electron chi connectivity index (χ0n) is 11.3. The lowest BCUT2D eigenvalue weighted by Crippen LogP contribution is -2.61. The molecule has 1 aliphatic carbocycles. The van der Waals surface area contributed by atoms with Crippen molar-refractivity contribution in [3.63, 3.8) is 0 Å². The molecule has 1 heterocycles. The molecule has 1 saturated carbocycles. The molecular weight excluding hydrogens is 214 g/mol. The smallest absolute Gasteiger partial charge is 0.191 e. The van der Waals surface area contributed by atoms with Gasteiger partial charge in [-0.3, -0.25) is 4.99 Å². The molecule has 0 aromatic heterocycles. The summed E-state index contributed by atoms with van der Waals surface area (Å²) in [5, 5.41) is 0. The third-order valence-electron chi connectivity index (χ3n) is 4.09. The molecule has 0 amide bonds. The standard InChI is InChI=1S/C13H25N3O/c1-10(2)8-16-12(14)15-9-13(16)7-5-4-6-11(13)17-3/h10-11H,4-9H2,1-3H3,(H2,14,15). The number of methoxy groups -OCH3 is 1. The van der Waals surface area contributed by atoms with Crippen LogP contribution in [0, 0.1) is 5.92 Å². The molecule has 1 spiro atoms. The summed E-state index contributed by atoms with van der Waals surface area (Å²) in [5.74, 6) is 1.31. The molecule has 2 atom stereocenters. The first-order chi connectivity index (χ1) is 8.10. The van der Waals surface area contributed by atoms with Crippen molar-refractivity contribution >= 4 is 5.96 Å². The number of ether oxygens (including phenoxy) is 1. The van der Waals surface area contributed by atoms with Crippen LogP contribution >= 0.6 is 0 Å². The van der Waals surface area contributed by atoms with Crippen LogP contribution in [0.4, 0.5) is 0 Å². The minimum atomic E-state index is 0.0430. The molecule has 0 saturated heterocycles. The Hall–Kier alpha value is -0.770. The maximum atomic E-state index is 6.07. The van der Waals surface area contributed by atoms with Gasteiger partial charge in [0.05, 0.1) is 18.2 Å². The number of hydrogen-bond donors (Lipinski definition) is 1. The second kappa shape index (κ2) is 4.84. The van der Waals surface area contributed by atoms with Crippen molar-refractivity contribution in [1.82, 2.24) is 4.90 Å². The number of aliphatic imine (C=N–C) groups is 1. The van der Waals surface area contributed by atoms with Gasteiger partial charge in [-0.05, 0) is 18.8 Å². The summed E-state index contributed by atoms with van der Waals surface area (Å²) in [7, 11) is 1.82. The van der Waals surface area contributed by atoms with Crippen molar-refractivity contribution in [2.75, 3.05) is 20.2 Å². The molecule has 1 fully saturated rings. The van der Waals surface area contributed by atoms with Gasteiger partial charge in [-0.2, -0.15) is 0 Å². The fraction of sp³-hybridized carbons (Fsp3) is 0.923. The highest BCUT2D eigenvalue weighted by Crippen LogP contribution is 2.39. The Kier molecular flexibility index (Phi) is 3.61. The fourth-order valence-corrected chi connectivity index (χ4v) is 3.27. The summed E-state index contributed by atoms with van der Waals surface area (Å²) in [6, 6.07) is 0. The van der Waals surface area contributed by atoms with E-state index in [0.717, 1.165) is 25.9 Å². The van der Waals surface area contributed by atoms with E-state index >= 15 is 0 Å². The number of nitrogens with two attached hydrogens (primary N) is 1. The molecule has 0 aromatic rings. The largest absolute Gasteiger partial charge is 0.379 e. The van der Waals surface area contributed by atoms with Crippen LogP contribution in [0.1, 0.15) is 39.5 Å². The average molecular weight is 239 g/mol. The van der Waals surface area contributed by atoms with E-state index in [4.69, 9.17) is 10.5 Å². The van der Waals surface area contributed by atoms with Crippen molar-refractivity contribution in [2.45, 2.75) is 51.2 Å². The molecule has 2 unspecified atom stereocenters. The Morgan fingerprint density at radius 2 is 2.29 bits per heavy atom. The van der Waals surface area contributed by atoms with Crippen LogP contribution in [0.2, 0.25) is 0 Å². The van der Waals surface area contributed by atoms with Crippen LogP contribution in [-0.4, -0.2) is 42.7 Å². The highest BCUT2D eigenvalue weighted by molar-refractivity contribution is 5.81. The quantitative estimate of drug-likeness (QED) is 0.814. The van der Waals surface area contributed by atoms with Crippen LogP contribution in [-0.2, 0) is 4.74 Å². The Balaban J connectivity index is 2.21. The van der Waals surface area contributed by atoms with Crippen LogP contribution in [0.15, 0.2) is 4.99 Å². The van der Waals surface area contributed by atoms with Crippen LogP contribution in [0.3, 0.4) is 0 Å². The van der Waals surface area contributed by atoms with E-state index in [0.29, 0.717) is 11.9 Å². The van der Waals surface area contributed by atoms with Gasteiger partial charge in [0.15, 0.2) is 5.96 Å². The summed E-state index contributed by atoms with van der Waals surface area (Å²) >= 11 is 0. The van der Waals surface area contributed by atoms with Crippen LogP contribution in [0.5, 0.6) is 0 Å². The molecule has 17 heavy (non-hydrogen) atoms. The van der Waals surface area contributed by atoms with Gasteiger partial charge < -0.3 is 15.4 Å². The normalized spacial score (nSPS) is 33.5. The second-order valence-electron chi connectivity index (χ2n) is 5.75. The summed E-state index contributed by atoms with van der Waals surface area (Å²) in [6.45, 7) is 6.24. The lowest BCUT2D eigenvalue weighted by atomic mass is 9.78. The van der Waals surface area contributed by atoms with Gasteiger partial charge in [-0.1, -0.05) is 26.7 Å². The topological polar surface area (TPSA) is 50.9 Å². The monoisotopic (exact) mass is 239 g/mol. The van der Waals surface area contributed by atoms with Gasteiger partial charge in [-0.15, -0.1) is 0 Å². The number of rotatable bonds is 3. The zero-order valence-corrected chi connectivity index (χ0v) is 11.3. The van der Waals surface area contributed by atoms with Gasteiger partial charge in [0, 0.05) is 13.7 Å². The van der Waals surface area contributed by atoms with Gasteiger partial charge in [0.1, 0.15) is 0 Å². The molecule has 0 radical (unpaired) electrons. The van der Waals surface area contributed by atoms with Gasteiger partial charge in [0.2, 0.25) is 0 Å². The van der Waals surface area contributed by atoms with Crippen molar-refractivity contribution in [1.29, 1.82) is 0 Å². The van der Waals surface area contributed by atoms with Gasteiger partial charge in [0.25, 0.3) is 0 Å². The molecule has 4 heteroatoms. The number of hydrogen-bond acceptors (Lipinski definition) is 4. The molecule has 0 aromatic carbocycles. The summed E-state index contributed by atoms with van der Waals surface area (Å²) in [5.41, 5.74) is 6.11. The Labute approximate surface area is 104 Å². The lowest BCUT2D eigenvalue weighted by molar-refractivity contribution is -0.0444. The number of guanidine groups is 1. The number of nitrogens with zero attached hydrogens (tertiary/aromatic N) is 2. The third-order valence-corrected chi connectivity index (χ3v) is 4.09. The zero-order chi connectivity index (χ0) is 12.5. The fourth-order valence-electron chi connectivity index (χ4n) is 3.27. The van der Waals surface area contributed by atoms with Crippen molar-refractivity contribution in [3.8, 4) is 0 Å². The Bertz CT molecular complexity index is 303. The maximum Gasteiger partial charge on any atom is 0.191 e. The van der Waals surface area contributed by atoms with E-state index in [1.54, 1.807) is 0 Å². The summed E-state index contributed by atoms with van der Waals surface area (Å²) < 4.78 is 5.72. The second-order valence-corrected chi connectivity index (χ2v) is 5.75. The lowest BCUT2D eigenvalue weighted by Gasteiger charge is -2.47. The van der Waals surface area contributed by atoms with E-state index in [1.165, 1.54) is 12.8 Å². The van der Waals surface area contributed by atoms with Crippen LogP contribution in [0.25, 0.3) is 0 Å². The SMILES string of the molecule is COC1CCCCC12CN=C(N)N2CC(C)C. The molecule has 1 aliphatic heterocycles. The average Bonchev–Trinajstić information content (AvgIpc) is 2.59. The Morgan fingerprint density at radius 1 is 1.53 bits per heavy atom. The maximum absolute atomic E-state index is 6.07. The Morgan fingerprint density at radius 3 is 2.94 bits per heavy atom. The van der Waals surface area contributed by atoms with Crippen molar-refractivity contribution in [2.24, 2.45) is 16.6 Å².